The summed E-state index contributed by atoms with van der Waals surface area (Å²) in [6.07, 6.45) is 0.147. The molecule has 0 spiro atoms. The Morgan fingerprint density at radius 3 is 2.00 bits per heavy atom. The van der Waals surface area contributed by atoms with E-state index in [1.807, 2.05) is 0 Å². The number of nitro groups is 2. The zero-order valence-corrected chi connectivity index (χ0v) is 19.2. The molecule has 0 unspecified atom stereocenters. The van der Waals surface area contributed by atoms with Gasteiger partial charge in [-0.3, -0.25) is 29.8 Å². The van der Waals surface area contributed by atoms with Gasteiger partial charge in [-0.25, -0.2) is 4.79 Å². The van der Waals surface area contributed by atoms with Gasteiger partial charge in [0.2, 0.25) is 0 Å². The Hall–Kier alpha value is -3.67. The number of benzene rings is 2. The van der Waals surface area contributed by atoms with Gasteiger partial charge in [0.25, 0.3) is 17.3 Å². The third kappa shape index (κ3) is 7.45. The monoisotopic (exact) mass is 521 g/mol. The van der Waals surface area contributed by atoms with Gasteiger partial charge in [0, 0.05) is 22.2 Å². The van der Waals surface area contributed by atoms with Gasteiger partial charge in [-0.15, -0.1) is 0 Å². The molecule has 2 rings (SSSR count). The fourth-order valence-electron chi connectivity index (χ4n) is 2.82. The van der Waals surface area contributed by atoms with E-state index in [1.165, 1.54) is 0 Å². The van der Waals surface area contributed by atoms with Crippen LogP contribution in [0.25, 0.3) is 0 Å². The highest BCUT2D eigenvalue weighted by Crippen LogP contribution is 2.23. The second-order valence-electron chi connectivity index (χ2n) is 7.45. The minimum Gasteiger partial charge on any atom is -0.456 e. The number of ether oxygens (including phenoxy) is 1. The zero-order valence-electron chi connectivity index (χ0n) is 17.6. The number of Topliss-reactive ketones (excluding diaryl/α,β-unsaturated/α-hetero) is 1. The lowest BCUT2D eigenvalue weighted by atomic mass is 10.0. The van der Waals surface area contributed by atoms with Crippen molar-refractivity contribution in [2.24, 2.45) is 5.92 Å². The number of hydrogen-bond donors (Lipinski definition) is 1. The van der Waals surface area contributed by atoms with Crippen LogP contribution in [-0.4, -0.2) is 40.2 Å². The number of amides is 1. The molecule has 0 saturated heterocycles. The predicted octanol–water partition coefficient (Wildman–Crippen LogP) is 3.84. The van der Waals surface area contributed by atoms with E-state index in [9.17, 15) is 34.6 Å². The summed E-state index contributed by atoms with van der Waals surface area (Å²) < 4.78 is 5.86. The molecule has 1 N–H and O–H groups in total. The maximum absolute atomic E-state index is 12.6. The van der Waals surface area contributed by atoms with Crippen molar-refractivity contribution in [1.29, 1.82) is 0 Å². The normalized spacial score (nSPS) is 11.5. The molecule has 0 aliphatic heterocycles. The number of carbonyl (C=O) groups is 3. The van der Waals surface area contributed by atoms with Crippen LogP contribution in [0, 0.1) is 26.1 Å². The predicted molar refractivity (Wildman–Crippen MR) is 120 cm³/mol. The number of non-ortho nitro benzene ring substituents is 2. The van der Waals surface area contributed by atoms with Gasteiger partial charge in [0.1, 0.15) is 6.04 Å². The quantitative estimate of drug-likeness (QED) is 0.213. The average molecular weight is 522 g/mol. The van der Waals surface area contributed by atoms with Crippen molar-refractivity contribution < 1.29 is 29.0 Å². The van der Waals surface area contributed by atoms with Crippen molar-refractivity contribution in [1.82, 2.24) is 5.32 Å². The molecule has 12 heteroatoms. The molecular formula is C21H20BrN3O8. The van der Waals surface area contributed by atoms with Crippen molar-refractivity contribution in [3.05, 3.63) is 78.3 Å². The molecule has 0 aliphatic carbocycles. The Balaban J connectivity index is 2.16. The maximum atomic E-state index is 12.6. The van der Waals surface area contributed by atoms with Crippen LogP contribution in [-0.2, 0) is 9.53 Å². The third-order valence-corrected chi connectivity index (χ3v) is 4.92. The van der Waals surface area contributed by atoms with Crippen molar-refractivity contribution >= 4 is 45.0 Å². The molecular weight excluding hydrogens is 502 g/mol. The molecule has 0 saturated carbocycles. The zero-order chi connectivity index (χ0) is 24.7. The van der Waals surface area contributed by atoms with E-state index >= 15 is 0 Å². The lowest BCUT2D eigenvalue weighted by Gasteiger charge is -2.19. The van der Waals surface area contributed by atoms with Gasteiger partial charge in [-0.2, -0.15) is 0 Å². The van der Waals surface area contributed by atoms with Crippen LogP contribution in [0.1, 0.15) is 41.0 Å². The summed E-state index contributed by atoms with van der Waals surface area (Å²) in [5.41, 5.74) is -1.31. The molecule has 0 bridgehead atoms. The summed E-state index contributed by atoms with van der Waals surface area (Å²) in [6.45, 7) is 3.03. The topological polar surface area (TPSA) is 159 Å². The molecule has 1 amide bonds. The highest BCUT2D eigenvalue weighted by atomic mass is 79.9. The number of halogens is 1. The van der Waals surface area contributed by atoms with Crippen molar-refractivity contribution in [2.75, 3.05) is 6.61 Å². The molecule has 0 aromatic heterocycles. The van der Waals surface area contributed by atoms with Crippen LogP contribution in [0.4, 0.5) is 11.4 Å². The number of nitrogens with zero attached hydrogens (tertiary/aromatic N) is 2. The van der Waals surface area contributed by atoms with Gasteiger partial charge in [-0.1, -0.05) is 41.9 Å². The van der Waals surface area contributed by atoms with Crippen LogP contribution >= 0.6 is 15.9 Å². The summed E-state index contributed by atoms with van der Waals surface area (Å²) in [4.78, 5) is 57.8. The molecule has 0 heterocycles. The number of hydrogen-bond acceptors (Lipinski definition) is 8. The second-order valence-corrected chi connectivity index (χ2v) is 8.36. The van der Waals surface area contributed by atoms with Crippen LogP contribution in [0.5, 0.6) is 0 Å². The van der Waals surface area contributed by atoms with E-state index in [0.29, 0.717) is 5.56 Å². The number of esters is 1. The van der Waals surface area contributed by atoms with Gasteiger partial charge >= 0.3 is 5.97 Å². The maximum Gasteiger partial charge on any atom is 0.329 e. The molecule has 174 valence electrons. The molecule has 11 nitrogen and oxygen atoms in total. The van der Waals surface area contributed by atoms with E-state index in [1.54, 1.807) is 38.1 Å². The standard InChI is InChI=1S/C21H20BrN3O8/c1-12(2)7-18(21(28)33-11-19(26)13-3-5-15(22)6-4-13)23-20(27)14-8-16(24(29)30)10-17(9-14)25(31)32/h3-6,8-10,12,18H,7,11H2,1-2H3,(H,23,27)/t18-/m1/s1. The average Bonchev–Trinajstić information content (AvgIpc) is 2.76. The van der Waals surface area contributed by atoms with E-state index < -0.39 is 51.5 Å². The fraction of sp³-hybridized carbons (Fsp3) is 0.286. The van der Waals surface area contributed by atoms with Crippen LogP contribution in [0.15, 0.2) is 46.9 Å². The van der Waals surface area contributed by atoms with Crippen LogP contribution < -0.4 is 5.32 Å². The Kier molecular flexibility index (Phi) is 8.74. The van der Waals surface area contributed by atoms with E-state index in [2.05, 4.69) is 21.2 Å². The summed E-state index contributed by atoms with van der Waals surface area (Å²) in [7, 11) is 0. The minimum absolute atomic E-state index is 0.0653. The molecule has 0 aliphatic rings. The van der Waals surface area contributed by atoms with Crippen LogP contribution in [0.2, 0.25) is 0 Å². The number of nitro benzene ring substituents is 2. The Morgan fingerprint density at radius 2 is 1.52 bits per heavy atom. The third-order valence-electron chi connectivity index (χ3n) is 4.40. The first kappa shape index (κ1) is 25.6. The molecule has 2 aromatic rings. The van der Waals surface area contributed by atoms with Crippen molar-refractivity contribution in [3.8, 4) is 0 Å². The highest BCUT2D eigenvalue weighted by Gasteiger charge is 2.27. The molecule has 0 radical (unpaired) electrons. The molecule has 33 heavy (non-hydrogen) atoms. The lowest BCUT2D eigenvalue weighted by Crippen LogP contribution is -2.43. The van der Waals surface area contributed by atoms with Gasteiger partial charge < -0.3 is 10.1 Å². The second kappa shape index (κ2) is 11.3. The van der Waals surface area contributed by atoms with E-state index in [0.717, 1.165) is 22.7 Å². The highest BCUT2D eigenvalue weighted by molar-refractivity contribution is 9.10. The first-order chi connectivity index (χ1) is 15.5. The smallest absolute Gasteiger partial charge is 0.329 e. The summed E-state index contributed by atoms with van der Waals surface area (Å²) in [5.74, 6) is -2.31. The first-order valence-corrected chi connectivity index (χ1v) is 10.5. The molecule has 0 fully saturated rings. The van der Waals surface area contributed by atoms with Gasteiger partial charge in [0.15, 0.2) is 12.4 Å². The van der Waals surface area contributed by atoms with Crippen molar-refractivity contribution in [2.45, 2.75) is 26.3 Å². The van der Waals surface area contributed by atoms with E-state index in [-0.39, 0.29) is 17.9 Å². The number of carbonyl (C=O) groups excluding carboxylic acids is 3. The largest absolute Gasteiger partial charge is 0.456 e. The summed E-state index contributed by atoms with van der Waals surface area (Å²) in [6, 6.07) is 7.74. The fourth-order valence-corrected chi connectivity index (χ4v) is 3.08. The number of ketones is 1. The SMILES string of the molecule is CC(C)C[C@@H](NC(=O)c1cc([N+](=O)[O-])cc([N+](=O)[O-])c1)C(=O)OCC(=O)c1ccc(Br)cc1. The first-order valence-electron chi connectivity index (χ1n) is 9.68. The van der Waals surface area contributed by atoms with Gasteiger partial charge in [-0.05, 0) is 24.5 Å². The van der Waals surface area contributed by atoms with E-state index in [4.69, 9.17) is 4.74 Å². The summed E-state index contributed by atoms with van der Waals surface area (Å²) >= 11 is 3.25. The Bertz CT molecular complexity index is 1050. The van der Waals surface area contributed by atoms with Gasteiger partial charge in [0.05, 0.1) is 21.5 Å². The lowest BCUT2D eigenvalue weighted by molar-refractivity contribution is -0.394. The Labute approximate surface area is 196 Å². The van der Waals surface area contributed by atoms with Crippen LogP contribution in [0.3, 0.4) is 0 Å². The number of nitrogens with one attached hydrogen (secondary N) is 1. The summed E-state index contributed by atoms with van der Waals surface area (Å²) in [5, 5.41) is 24.5. The Morgan fingerprint density at radius 1 is 0.970 bits per heavy atom. The molecule has 2 aromatic carbocycles. The number of rotatable bonds is 10. The molecule has 1 atom stereocenters. The van der Waals surface area contributed by atoms with Crippen molar-refractivity contribution in [3.63, 3.8) is 0 Å². The minimum atomic E-state index is -1.17.